The van der Waals surface area contributed by atoms with Gasteiger partial charge in [0.2, 0.25) is 0 Å². The monoisotopic (exact) mass is 354 g/mol. The van der Waals surface area contributed by atoms with Crippen LogP contribution in [0.25, 0.3) is 0 Å². The van der Waals surface area contributed by atoms with Crippen molar-refractivity contribution in [3.63, 3.8) is 0 Å². The Morgan fingerprint density at radius 2 is 2.06 bits per heavy atom. The molecule has 1 aromatic heterocycles. The summed E-state index contributed by atoms with van der Waals surface area (Å²) in [6.45, 7) is 5.32. The maximum atomic E-state index is 12.1. The summed E-state index contributed by atoms with van der Waals surface area (Å²) in [6, 6.07) is 1.74. The van der Waals surface area contributed by atoms with Crippen LogP contribution < -0.4 is 4.72 Å². The van der Waals surface area contributed by atoms with Gasteiger partial charge in [0.1, 0.15) is 4.21 Å². The fourth-order valence-electron chi connectivity index (χ4n) is 1.74. The van der Waals surface area contributed by atoms with E-state index >= 15 is 0 Å². The third-order valence-corrected chi connectivity index (χ3v) is 6.38. The minimum atomic E-state index is -3.41. The molecule has 1 N–H and O–H groups in total. The summed E-state index contributed by atoms with van der Waals surface area (Å²) in [5.74, 6) is 0. The number of hydrogen-bond acceptors (Lipinski definition) is 4. The van der Waals surface area contributed by atoms with Gasteiger partial charge in [-0.3, -0.25) is 0 Å². The van der Waals surface area contributed by atoms with Crippen LogP contribution in [0.5, 0.6) is 0 Å². The van der Waals surface area contributed by atoms with Gasteiger partial charge in [-0.25, -0.2) is 13.1 Å². The fourth-order valence-corrected chi connectivity index (χ4v) is 5.36. The van der Waals surface area contributed by atoms with Crippen molar-refractivity contribution in [1.82, 2.24) is 9.62 Å². The number of nitrogens with one attached hydrogen (secondary N) is 1. The molecule has 104 valence electrons. The summed E-state index contributed by atoms with van der Waals surface area (Å²) >= 11 is 4.46. The summed E-state index contributed by atoms with van der Waals surface area (Å²) in [5.41, 5.74) is -0.111. The Hall–Kier alpha value is 0.0500. The molecule has 0 atom stereocenters. The van der Waals surface area contributed by atoms with E-state index in [2.05, 4.69) is 25.6 Å². The first-order valence-electron chi connectivity index (χ1n) is 5.51. The van der Waals surface area contributed by atoms with E-state index in [9.17, 15) is 8.42 Å². The van der Waals surface area contributed by atoms with Crippen molar-refractivity contribution in [3.05, 3.63) is 15.9 Å². The molecular weight excluding hydrogens is 336 g/mol. The van der Waals surface area contributed by atoms with E-state index in [0.717, 1.165) is 6.54 Å². The second-order valence-electron chi connectivity index (χ2n) is 5.28. The second kappa shape index (κ2) is 6.00. The predicted molar refractivity (Wildman–Crippen MR) is 79.5 cm³/mol. The summed E-state index contributed by atoms with van der Waals surface area (Å²) in [6.07, 6.45) is 0. The molecule has 0 amide bonds. The van der Waals surface area contributed by atoms with Gasteiger partial charge in [-0.05, 0) is 46.9 Å². The molecule has 0 radical (unpaired) electrons. The molecule has 0 aliphatic carbocycles. The quantitative estimate of drug-likeness (QED) is 0.852. The van der Waals surface area contributed by atoms with Crippen molar-refractivity contribution < 1.29 is 8.42 Å². The van der Waals surface area contributed by atoms with Crippen LogP contribution in [0.2, 0.25) is 0 Å². The molecule has 1 rings (SSSR count). The first-order valence-corrected chi connectivity index (χ1v) is 8.67. The zero-order chi connectivity index (χ0) is 14.0. The van der Waals surface area contributed by atoms with E-state index in [0.29, 0.717) is 15.2 Å². The molecule has 0 saturated carbocycles. The standard InChI is InChI=1S/C11H19BrN2O2S2/c1-11(2,8-14(3)4)7-13-18(15,16)10-9(12)5-6-17-10/h5-6,13H,7-8H2,1-4H3. The van der Waals surface area contributed by atoms with Crippen LogP contribution in [-0.2, 0) is 10.0 Å². The lowest BCUT2D eigenvalue weighted by Gasteiger charge is -2.28. The van der Waals surface area contributed by atoms with Crippen molar-refractivity contribution >= 4 is 37.3 Å². The summed E-state index contributed by atoms with van der Waals surface area (Å²) < 4.78 is 27.8. The van der Waals surface area contributed by atoms with Crippen LogP contribution in [0.4, 0.5) is 0 Å². The topological polar surface area (TPSA) is 49.4 Å². The lowest BCUT2D eigenvalue weighted by Crippen LogP contribution is -2.39. The molecule has 18 heavy (non-hydrogen) atoms. The Labute approximate surface area is 122 Å². The number of hydrogen-bond donors (Lipinski definition) is 1. The SMILES string of the molecule is CN(C)CC(C)(C)CNS(=O)(=O)c1sccc1Br. The molecule has 0 bridgehead atoms. The molecule has 0 saturated heterocycles. The molecule has 7 heteroatoms. The fraction of sp³-hybridized carbons (Fsp3) is 0.636. The Bertz CT molecular complexity index is 495. The Morgan fingerprint density at radius 3 is 2.50 bits per heavy atom. The maximum Gasteiger partial charge on any atom is 0.251 e. The van der Waals surface area contributed by atoms with Gasteiger partial charge >= 0.3 is 0 Å². The van der Waals surface area contributed by atoms with Crippen molar-refractivity contribution in [2.24, 2.45) is 5.41 Å². The first kappa shape index (κ1) is 16.1. The van der Waals surface area contributed by atoms with Crippen LogP contribution in [0, 0.1) is 5.41 Å². The van der Waals surface area contributed by atoms with Gasteiger partial charge in [0.05, 0.1) is 0 Å². The molecule has 0 aliphatic rings. The van der Waals surface area contributed by atoms with Crippen molar-refractivity contribution in [2.45, 2.75) is 18.1 Å². The number of rotatable bonds is 6. The number of halogens is 1. The van der Waals surface area contributed by atoms with Gasteiger partial charge in [0.15, 0.2) is 0 Å². The third-order valence-electron chi connectivity index (χ3n) is 2.31. The van der Waals surface area contributed by atoms with Crippen LogP contribution >= 0.6 is 27.3 Å². The largest absolute Gasteiger partial charge is 0.309 e. The van der Waals surface area contributed by atoms with Crippen molar-refractivity contribution in [2.75, 3.05) is 27.2 Å². The Morgan fingerprint density at radius 1 is 1.44 bits per heavy atom. The van der Waals surface area contributed by atoms with E-state index in [1.54, 1.807) is 11.4 Å². The zero-order valence-corrected chi connectivity index (χ0v) is 14.2. The smallest absolute Gasteiger partial charge is 0.251 e. The molecule has 1 heterocycles. The molecular formula is C11H19BrN2O2S2. The Kier molecular flexibility index (Phi) is 5.37. The number of nitrogens with zero attached hydrogens (tertiary/aromatic N) is 1. The van der Waals surface area contributed by atoms with Crippen LogP contribution in [-0.4, -0.2) is 40.5 Å². The highest BCUT2D eigenvalue weighted by Gasteiger charge is 2.24. The van der Waals surface area contributed by atoms with E-state index in [4.69, 9.17) is 0 Å². The Balaban J connectivity index is 2.72. The third kappa shape index (κ3) is 4.62. The second-order valence-corrected chi connectivity index (χ2v) is 9.02. The van der Waals surface area contributed by atoms with Gasteiger partial charge in [0.25, 0.3) is 10.0 Å². The molecule has 0 unspecified atom stereocenters. The molecule has 0 aromatic carbocycles. The summed E-state index contributed by atoms with van der Waals surface area (Å²) in [4.78, 5) is 2.05. The summed E-state index contributed by atoms with van der Waals surface area (Å²) in [5, 5.41) is 1.75. The van der Waals surface area contributed by atoms with Crippen LogP contribution in [0.1, 0.15) is 13.8 Å². The predicted octanol–water partition coefficient (Wildman–Crippen LogP) is 2.38. The normalized spacial score (nSPS) is 13.2. The van der Waals surface area contributed by atoms with E-state index in [1.165, 1.54) is 11.3 Å². The van der Waals surface area contributed by atoms with Crippen molar-refractivity contribution in [3.8, 4) is 0 Å². The lowest BCUT2D eigenvalue weighted by atomic mass is 9.93. The highest BCUT2D eigenvalue weighted by atomic mass is 79.9. The van der Waals surface area contributed by atoms with E-state index in [1.807, 2.05) is 27.9 Å². The molecule has 1 aromatic rings. The number of thiophene rings is 1. The van der Waals surface area contributed by atoms with E-state index < -0.39 is 10.0 Å². The van der Waals surface area contributed by atoms with Gasteiger partial charge < -0.3 is 4.90 Å². The molecule has 4 nitrogen and oxygen atoms in total. The molecule has 0 fully saturated rings. The molecule has 0 aliphatic heterocycles. The van der Waals surface area contributed by atoms with Gasteiger partial charge in [-0.15, -0.1) is 11.3 Å². The molecule has 0 spiro atoms. The van der Waals surface area contributed by atoms with Gasteiger partial charge in [-0.1, -0.05) is 13.8 Å². The average molecular weight is 355 g/mol. The highest BCUT2D eigenvalue weighted by Crippen LogP contribution is 2.27. The average Bonchev–Trinajstić information content (AvgIpc) is 2.61. The van der Waals surface area contributed by atoms with Crippen LogP contribution in [0.3, 0.4) is 0 Å². The van der Waals surface area contributed by atoms with E-state index in [-0.39, 0.29) is 5.41 Å². The van der Waals surface area contributed by atoms with Crippen molar-refractivity contribution in [1.29, 1.82) is 0 Å². The minimum absolute atomic E-state index is 0.111. The summed E-state index contributed by atoms with van der Waals surface area (Å²) in [7, 11) is 0.543. The van der Waals surface area contributed by atoms with Gasteiger partial charge in [-0.2, -0.15) is 0 Å². The zero-order valence-electron chi connectivity index (χ0n) is 11.0. The minimum Gasteiger partial charge on any atom is -0.309 e. The van der Waals surface area contributed by atoms with Gasteiger partial charge in [0, 0.05) is 17.6 Å². The first-order chi connectivity index (χ1) is 8.14. The van der Waals surface area contributed by atoms with Crippen LogP contribution in [0.15, 0.2) is 20.1 Å². The maximum absolute atomic E-state index is 12.1. The highest BCUT2D eigenvalue weighted by molar-refractivity contribution is 9.10. The number of sulfonamides is 1. The lowest BCUT2D eigenvalue weighted by molar-refractivity contribution is 0.242.